The van der Waals surface area contributed by atoms with Gasteiger partial charge in [0.1, 0.15) is 18.1 Å². The van der Waals surface area contributed by atoms with Crippen LogP contribution in [0.3, 0.4) is 0 Å². The number of furan rings is 1. The van der Waals surface area contributed by atoms with Gasteiger partial charge in [0.15, 0.2) is 0 Å². The number of nitriles is 1. The molecule has 0 saturated carbocycles. The van der Waals surface area contributed by atoms with Crippen LogP contribution in [0.4, 0.5) is 0 Å². The highest BCUT2D eigenvalue weighted by atomic mass is 16.3. The van der Waals surface area contributed by atoms with E-state index in [0.29, 0.717) is 5.76 Å². The number of nitrogens with zero attached hydrogens (tertiary/aromatic N) is 1. The zero-order valence-corrected chi connectivity index (χ0v) is 10.5. The molecule has 6 heteroatoms. The average Bonchev–Trinajstić information content (AvgIpc) is 2.65. The Morgan fingerprint density at radius 2 is 2.11 bits per heavy atom. The molecule has 0 radical (unpaired) electrons. The summed E-state index contributed by atoms with van der Waals surface area (Å²) in [4.78, 5) is 22.7. The largest absolute Gasteiger partial charge is 0.466 e. The predicted molar refractivity (Wildman–Crippen MR) is 63.4 cm³/mol. The molecule has 1 rings (SSSR count). The smallest absolute Gasteiger partial charge is 0.310 e. The van der Waals surface area contributed by atoms with Gasteiger partial charge in [-0.25, -0.2) is 0 Å². The molecule has 1 unspecified atom stereocenters. The van der Waals surface area contributed by atoms with Crippen LogP contribution in [0.25, 0.3) is 0 Å². The number of carbonyl (C=O) groups excluding carboxylic acids is 2. The molecule has 1 aromatic rings. The lowest BCUT2D eigenvalue weighted by Gasteiger charge is -2.12. The standard InChI is InChI=1S/C12H15N3O3/c1-7-6-10(9(3)18-7)8(2)15-12(17)11(16)14-5-4-13/h6,8H,5H2,1-3H3,(H,14,16)(H,15,17). The molecule has 18 heavy (non-hydrogen) atoms. The molecule has 1 atom stereocenters. The van der Waals surface area contributed by atoms with E-state index >= 15 is 0 Å². The molecular weight excluding hydrogens is 234 g/mol. The van der Waals surface area contributed by atoms with E-state index in [-0.39, 0.29) is 12.6 Å². The quantitative estimate of drug-likeness (QED) is 0.609. The van der Waals surface area contributed by atoms with Gasteiger partial charge in [-0.3, -0.25) is 9.59 Å². The Labute approximate surface area is 105 Å². The summed E-state index contributed by atoms with van der Waals surface area (Å²) >= 11 is 0. The summed E-state index contributed by atoms with van der Waals surface area (Å²) < 4.78 is 5.35. The first-order chi connectivity index (χ1) is 8.45. The molecule has 6 nitrogen and oxygen atoms in total. The minimum Gasteiger partial charge on any atom is -0.466 e. The molecule has 0 aromatic carbocycles. The maximum absolute atomic E-state index is 11.5. The molecular formula is C12H15N3O3. The summed E-state index contributed by atoms with van der Waals surface area (Å²) in [6.45, 7) is 5.17. The Morgan fingerprint density at radius 3 is 2.61 bits per heavy atom. The van der Waals surface area contributed by atoms with Crippen LogP contribution in [-0.2, 0) is 9.59 Å². The van der Waals surface area contributed by atoms with Crippen LogP contribution in [0.2, 0.25) is 0 Å². The summed E-state index contributed by atoms with van der Waals surface area (Å²) in [6, 6.07) is 3.21. The SMILES string of the molecule is Cc1cc(C(C)NC(=O)C(=O)NCC#N)c(C)o1. The lowest BCUT2D eigenvalue weighted by molar-refractivity contribution is -0.139. The second-order valence-electron chi connectivity index (χ2n) is 3.90. The Balaban J connectivity index is 2.62. The van der Waals surface area contributed by atoms with Crippen molar-refractivity contribution in [1.29, 1.82) is 5.26 Å². The van der Waals surface area contributed by atoms with Crippen LogP contribution in [0.5, 0.6) is 0 Å². The molecule has 0 bridgehead atoms. The minimum absolute atomic E-state index is 0.190. The van der Waals surface area contributed by atoms with Gasteiger partial charge in [-0.15, -0.1) is 0 Å². The molecule has 0 aliphatic heterocycles. The van der Waals surface area contributed by atoms with Crippen molar-refractivity contribution >= 4 is 11.8 Å². The van der Waals surface area contributed by atoms with Crippen molar-refractivity contribution in [2.75, 3.05) is 6.54 Å². The molecule has 0 aliphatic carbocycles. The number of aryl methyl sites for hydroxylation is 2. The van der Waals surface area contributed by atoms with Gasteiger partial charge < -0.3 is 15.1 Å². The van der Waals surface area contributed by atoms with Crippen molar-refractivity contribution < 1.29 is 14.0 Å². The van der Waals surface area contributed by atoms with E-state index in [1.807, 2.05) is 13.0 Å². The van der Waals surface area contributed by atoms with Crippen molar-refractivity contribution in [2.24, 2.45) is 0 Å². The van der Waals surface area contributed by atoms with Crippen molar-refractivity contribution in [2.45, 2.75) is 26.8 Å². The average molecular weight is 249 g/mol. The predicted octanol–water partition coefficient (Wildman–Crippen LogP) is 0.713. The monoisotopic (exact) mass is 249 g/mol. The van der Waals surface area contributed by atoms with E-state index in [1.54, 1.807) is 19.9 Å². The maximum Gasteiger partial charge on any atom is 0.310 e. The van der Waals surface area contributed by atoms with E-state index in [1.165, 1.54) is 0 Å². The highest BCUT2D eigenvalue weighted by molar-refractivity contribution is 6.35. The molecule has 96 valence electrons. The van der Waals surface area contributed by atoms with Crippen molar-refractivity contribution in [3.8, 4) is 6.07 Å². The van der Waals surface area contributed by atoms with Gasteiger partial charge in [-0.2, -0.15) is 5.26 Å². The second kappa shape index (κ2) is 5.87. The number of carbonyl (C=O) groups is 2. The molecule has 0 spiro atoms. The Kier molecular flexibility index (Phi) is 4.49. The Hall–Kier alpha value is -2.29. The van der Waals surface area contributed by atoms with E-state index in [2.05, 4.69) is 10.6 Å². The van der Waals surface area contributed by atoms with E-state index in [4.69, 9.17) is 9.68 Å². The zero-order valence-electron chi connectivity index (χ0n) is 10.5. The summed E-state index contributed by atoms with van der Waals surface area (Å²) in [7, 11) is 0. The first kappa shape index (κ1) is 13.8. The lowest BCUT2D eigenvalue weighted by Crippen LogP contribution is -2.41. The third-order valence-electron chi connectivity index (χ3n) is 2.43. The van der Waals surface area contributed by atoms with Gasteiger partial charge in [0.25, 0.3) is 0 Å². The fourth-order valence-corrected chi connectivity index (χ4v) is 1.62. The minimum atomic E-state index is -0.818. The van der Waals surface area contributed by atoms with Crippen LogP contribution in [-0.4, -0.2) is 18.4 Å². The Bertz CT molecular complexity index is 499. The zero-order chi connectivity index (χ0) is 13.7. The van der Waals surface area contributed by atoms with Gasteiger partial charge in [0.05, 0.1) is 12.1 Å². The molecule has 0 aliphatic rings. The fourth-order valence-electron chi connectivity index (χ4n) is 1.62. The van der Waals surface area contributed by atoms with Crippen LogP contribution >= 0.6 is 0 Å². The number of hydrogen-bond donors (Lipinski definition) is 2. The maximum atomic E-state index is 11.5. The second-order valence-corrected chi connectivity index (χ2v) is 3.90. The Morgan fingerprint density at radius 1 is 1.44 bits per heavy atom. The number of nitrogens with one attached hydrogen (secondary N) is 2. The first-order valence-corrected chi connectivity index (χ1v) is 5.48. The lowest BCUT2D eigenvalue weighted by atomic mass is 10.1. The molecule has 2 N–H and O–H groups in total. The first-order valence-electron chi connectivity index (χ1n) is 5.48. The number of hydrogen-bond acceptors (Lipinski definition) is 4. The fraction of sp³-hybridized carbons (Fsp3) is 0.417. The van der Waals surface area contributed by atoms with Gasteiger partial charge in [0, 0.05) is 5.56 Å². The van der Waals surface area contributed by atoms with Gasteiger partial charge >= 0.3 is 11.8 Å². The van der Waals surface area contributed by atoms with Crippen LogP contribution in [0.1, 0.15) is 30.0 Å². The molecule has 0 fully saturated rings. The topological polar surface area (TPSA) is 95.1 Å². The van der Waals surface area contributed by atoms with Crippen LogP contribution < -0.4 is 10.6 Å². The molecule has 0 saturated heterocycles. The molecule has 2 amide bonds. The number of amides is 2. The van der Waals surface area contributed by atoms with Crippen molar-refractivity contribution in [3.05, 3.63) is 23.2 Å². The molecule has 1 aromatic heterocycles. The summed E-state index contributed by atoms with van der Waals surface area (Å²) in [5, 5.41) is 13.0. The van der Waals surface area contributed by atoms with E-state index in [9.17, 15) is 9.59 Å². The van der Waals surface area contributed by atoms with Crippen LogP contribution in [0.15, 0.2) is 10.5 Å². The van der Waals surface area contributed by atoms with Crippen LogP contribution in [0, 0.1) is 25.2 Å². The highest BCUT2D eigenvalue weighted by Gasteiger charge is 2.19. The third kappa shape index (κ3) is 3.35. The highest BCUT2D eigenvalue weighted by Crippen LogP contribution is 2.20. The van der Waals surface area contributed by atoms with Crippen molar-refractivity contribution in [3.63, 3.8) is 0 Å². The van der Waals surface area contributed by atoms with Gasteiger partial charge in [0.2, 0.25) is 0 Å². The van der Waals surface area contributed by atoms with E-state index < -0.39 is 11.8 Å². The normalized spacial score (nSPS) is 11.4. The van der Waals surface area contributed by atoms with E-state index in [0.717, 1.165) is 11.3 Å². The number of rotatable bonds is 3. The van der Waals surface area contributed by atoms with Gasteiger partial charge in [-0.1, -0.05) is 0 Å². The molecule has 1 heterocycles. The summed E-state index contributed by atoms with van der Waals surface area (Å²) in [5.74, 6) is -0.132. The summed E-state index contributed by atoms with van der Waals surface area (Å²) in [5.41, 5.74) is 0.828. The third-order valence-corrected chi connectivity index (χ3v) is 2.43. The van der Waals surface area contributed by atoms with Gasteiger partial charge in [-0.05, 0) is 26.8 Å². The summed E-state index contributed by atoms with van der Waals surface area (Å²) in [6.07, 6.45) is 0. The van der Waals surface area contributed by atoms with Crippen molar-refractivity contribution in [1.82, 2.24) is 10.6 Å².